The third-order valence-electron chi connectivity index (χ3n) is 3.67. The van der Waals surface area contributed by atoms with Gasteiger partial charge in [-0.15, -0.1) is 0 Å². The first-order chi connectivity index (χ1) is 10.0. The van der Waals surface area contributed by atoms with Crippen molar-refractivity contribution in [2.45, 2.75) is 32.2 Å². The van der Waals surface area contributed by atoms with Crippen LogP contribution in [-0.2, 0) is 9.47 Å². The maximum absolute atomic E-state index is 10.1. The summed E-state index contributed by atoms with van der Waals surface area (Å²) < 4.78 is 11.2. The van der Waals surface area contributed by atoms with E-state index in [4.69, 9.17) is 21.1 Å². The standard InChI is InChI=1S/C16H24ClNO3/c1-12-9-18(7-8-20-12)10-16(19)11-21-13(2)14-3-5-15(17)6-4-14/h3-6,12-13,16,19H,7-11H2,1-2H3. The van der Waals surface area contributed by atoms with E-state index in [0.717, 1.165) is 25.3 Å². The van der Waals surface area contributed by atoms with Crippen molar-refractivity contribution < 1.29 is 14.6 Å². The van der Waals surface area contributed by atoms with Crippen LogP contribution >= 0.6 is 11.6 Å². The van der Waals surface area contributed by atoms with E-state index in [0.29, 0.717) is 18.2 Å². The highest BCUT2D eigenvalue weighted by atomic mass is 35.5. The summed E-state index contributed by atoms with van der Waals surface area (Å²) in [5.41, 5.74) is 1.06. The van der Waals surface area contributed by atoms with E-state index in [1.54, 1.807) is 0 Å². The van der Waals surface area contributed by atoms with Gasteiger partial charge in [0.05, 0.1) is 31.5 Å². The summed E-state index contributed by atoms with van der Waals surface area (Å²) in [5.74, 6) is 0. The fourth-order valence-electron chi connectivity index (χ4n) is 2.49. The average Bonchev–Trinajstić information content (AvgIpc) is 2.45. The van der Waals surface area contributed by atoms with Gasteiger partial charge >= 0.3 is 0 Å². The summed E-state index contributed by atoms with van der Waals surface area (Å²) in [6.45, 7) is 7.45. The third-order valence-corrected chi connectivity index (χ3v) is 3.92. The number of nitrogens with zero attached hydrogens (tertiary/aromatic N) is 1. The van der Waals surface area contributed by atoms with Gasteiger partial charge in [-0.25, -0.2) is 0 Å². The highest BCUT2D eigenvalue weighted by Crippen LogP contribution is 2.19. The number of aliphatic hydroxyl groups excluding tert-OH is 1. The molecule has 1 heterocycles. The molecular weight excluding hydrogens is 290 g/mol. The lowest BCUT2D eigenvalue weighted by Crippen LogP contribution is -2.45. The second-order valence-corrected chi connectivity index (χ2v) is 6.06. The van der Waals surface area contributed by atoms with Crippen LogP contribution < -0.4 is 0 Å². The summed E-state index contributed by atoms with van der Waals surface area (Å²) in [6.07, 6.45) is -0.301. The first-order valence-electron chi connectivity index (χ1n) is 7.43. The largest absolute Gasteiger partial charge is 0.389 e. The Labute approximate surface area is 131 Å². The topological polar surface area (TPSA) is 41.9 Å². The minimum absolute atomic E-state index is 0.0551. The lowest BCUT2D eigenvalue weighted by Gasteiger charge is -2.32. The highest BCUT2D eigenvalue weighted by Gasteiger charge is 2.19. The van der Waals surface area contributed by atoms with Crippen molar-refractivity contribution in [1.82, 2.24) is 4.90 Å². The van der Waals surface area contributed by atoms with Crippen molar-refractivity contribution in [3.8, 4) is 0 Å². The molecule has 3 unspecified atom stereocenters. The molecule has 4 nitrogen and oxygen atoms in total. The molecule has 1 aromatic carbocycles. The van der Waals surface area contributed by atoms with Crippen molar-refractivity contribution in [2.75, 3.05) is 32.8 Å². The quantitative estimate of drug-likeness (QED) is 0.876. The summed E-state index contributed by atoms with van der Waals surface area (Å²) in [6, 6.07) is 7.59. The number of halogens is 1. The summed E-state index contributed by atoms with van der Waals surface area (Å²) in [4.78, 5) is 2.22. The summed E-state index contributed by atoms with van der Waals surface area (Å²) in [5, 5.41) is 10.8. The Balaban J connectivity index is 1.72. The van der Waals surface area contributed by atoms with Crippen LogP contribution in [0.4, 0.5) is 0 Å². The fourth-order valence-corrected chi connectivity index (χ4v) is 2.62. The van der Waals surface area contributed by atoms with E-state index >= 15 is 0 Å². The minimum atomic E-state index is -0.481. The van der Waals surface area contributed by atoms with Gasteiger partial charge in [-0.05, 0) is 31.5 Å². The molecule has 5 heteroatoms. The fraction of sp³-hybridized carbons (Fsp3) is 0.625. The Hall–Kier alpha value is -0.650. The number of hydrogen-bond donors (Lipinski definition) is 1. The molecule has 0 spiro atoms. The number of benzene rings is 1. The van der Waals surface area contributed by atoms with Gasteiger partial charge < -0.3 is 14.6 Å². The molecule has 0 bridgehead atoms. The van der Waals surface area contributed by atoms with E-state index in [1.165, 1.54) is 0 Å². The maximum atomic E-state index is 10.1. The second-order valence-electron chi connectivity index (χ2n) is 5.62. The van der Waals surface area contributed by atoms with E-state index < -0.39 is 6.10 Å². The van der Waals surface area contributed by atoms with Crippen LogP contribution in [0, 0.1) is 0 Å². The minimum Gasteiger partial charge on any atom is -0.389 e. The first kappa shape index (κ1) is 16.7. The molecule has 21 heavy (non-hydrogen) atoms. The zero-order valence-corrected chi connectivity index (χ0v) is 13.4. The van der Waals surface area contributed by atoms with Crippen LogP contribution in [0.1, 0.15) is 25.5 Å². The maximum Gasteiger partial charge on any atom is 0.0900 e. The number of morpholine rings is 1. The van der Waals surface area contributed by atoms with Gasteiger partial charge in [-0.1, -0.05) is 23.7 Å². The normalized spacial score (nSPS) is 23.0. The molecule has 0 amide bonds. The molecule has 3 atom stereocenters. The zero-order valence-electron chi connectivity index (χ0n) is 12.7. The van der Waals surface area contributed by atoms with Crippen LogP contribution in [0.15, 0.2) is 24.3 Å². The molecule has 1 aliphatic heterocycles. The van der Waals surface area contributed by atoms with Gasteiger partial charge in [-0.2, -0.15) is 0 Å². The number of ether oxygens (including phenoxy) is 2. The van der Waals surface area contributed by atoms with Gasteiger partial charge in [0.25, 0.3) is 0 Å². The Kier molecular flexibility index (Phi) is 6.45. The highest BCUT2D eigenvalue weighted by molar-refractivity contribution is 6.30. The monoisotopic (exact) mass is 313 g/mol. The molecule has 1 aliphatic rings. The predicted molar refractivity (Wildman–Crippen MR) is 83.7 cm³/mol. The Morgan fingerprint density at radius 1 is 1.43 bits per heavy atom. The van der Waals surface area contributed by atoms with Crippen molar-refractivity contribution in [2.24, 2.45) is 0 Å². The molecule has 0 radical (unpaired) electrons. The molecule has 2 rings (SSSR count). The number of hydrogen-bond acceptors (Lipinski definition) is 4. The molecule has 1 N–H and O–H groups in total. The summed E-state index contributed by atoms with van der Waals surface area (Å²) >= 11 is 5.87. The zero-order chi connectivity index (χ0) is 15.2. The Morgan fingerprint density at radius 3 is 2.81 bits per heavy atom. The lowest BCUT2D eigenvalue weighted by atomic mass is 10.1. The molecule has 1 aromatic rings. The van der Waals surface area contributed by atoms with Gasteiger partial charge in [0.1, 0.15) is 0 Å². The van der Waals surface area contributed by atoms with Gasteiger partial charge in [-0.3, -0.25) is 4.90 Å². The molecule has 118 valence electrons. The molecule has 1 saturated heterocycles. The van der Waals surface area contributed by atoms with Crippen LogP contribution in [0.25, 0.3) is 0 Å². The lowest BCUT2D eigenvalue weighted by molar-refractivity contribution is -0.0526. The average molecular weight is 314 g/mol. The van der Waals surface area contributed by atoms with Crippen molar-refractivity contribution in [1.29, 1.82) is 0 Å². The van der Waals surface area contributed by atoms with Gasteiger partial charge in [0, 0.05) is 24.7 Å². The van der Waals surface area contributed by atoms with Gasteiger partial charge in [0.15, 0.2) is 0 Å². The number of aliphatic hydroxyl groups is 1. The molecule has 0 aliphatic carbocycles. The van der Waals surface area contributed by atoms with Crippen molar-refractivity contribution >= 4 is 11.6 Å². The number of rotatable bonds is 6. The van der Waals surface area contributed by atoms with E-state index in [1.807, 2.05) is 31.2 Å². The molecule has 0 aromatic heterocycles. The van der Waals surface area contributed by atoms with E-state index in [-0.39, 0.29) is 12.2 Å². The van der Waals surface area contributed by atoms with Crippen molar-refractivity contribution in [3.05, 3.63) is 34.9 Å². The van der Waals surface area contributed by atoms with Crippen molar-refractivity contribution in [3.63, 3.8) is 0 Å². The predicted octanol–water partition coefficient (Wildman–Crippen LogP) is 2.50. The third kappa shape index (κ3) is 5.57. The second kappa shape index (κ2) is 8.11. The SMILES string of the molecule is CC1CN(CC(O)COC(C)c2ccc(Cl)cc2)CCO1. The van der Waals surface area contributed by atoms with E-state index in [9.17, 15) is 5.11 Å². The Morgan fingerprint density at radius 2 is 2.14 bits per heavy atom. The van der Waals surface area contributed by atoms with Crippen LogP contribution in [-0.4, -0.2) is 55.1 Å². The number of β-amino-alcohol motifs (C(OH)–C–C–N with tert-alkyl or cyclic N) is 1. The Bertz CT molecular complexity index is 426. The summed E-state index contributed by atoms with van der Waals surface area (Å²) in [7, 11) is 0. The van der Waals surface area contributed by atoms with Crippen LogP contribution in [0.5, 0.6) is 0 Å². The van der Waals surface area contributed by atoms with Crippen LogP contribution in [0.2, 0.25) is 5.02 Å². The molecular formula is C16H24ClNO3. The first-order valence-corrected chi connectivity index (χ1v) is 7.81. The molecule has 1 fully saturated rings. The van der Waals surface area contributed by atoms with E-state index in [2.05, 4.69) is 11.8 Å². The smallest absolute Gasteiger partial charge is 0.0900 e. The molecule has 0 saturated carbocycles. The van der Waals surface area contributed by atoms with Crippen LogP contribution in [0.3, 0.4) is 0 Å². The van der Waals surface area contributed by atoms with Gasteiger partial charge in [0.2, 0.25) is 0 Å².